The van der Waals surface area contributed by atoms with Crippen LogP contribution in [0, 0.1) is 0 Å². The Morgan fingerprint density at radius 3 is 2.92 bits per heavy atom. The van der Waals surface area contributed by atoms with Crippen LogP contribution in [-0.2, 0) is 0 Å². The van der Waals surface area contributed by atoms with Gasteiger partial charge < -0.3 is 4.90 Å². The summed E-state index contributed by atoms with van der Waals surface area (Å²) in [5.41, 5.74) is 0. The summed E-state index contributed by atoms with van der Waals surface area (Å²) in [7, 11) is 0. The third-order valence-electron chi connectivity index (χ3n) is 1.98. The zero-order chi connectivity index (χ0) is 8.39. The summed E-state index contributed by atoms with van der Waals surface area (Å²) in [5.74, 6) is 2.06. The molecule has 12 heavy (non-hydrogen) atoms. The van der Waals surface area contributed by atoms with E-state index in [1.807, 2.05) is 25.1 Å². The number of aromatic nitrogens is 1. The Morgan fingerprint density at radius 1 is 1.42 bits per heavy atom. The van der Waals surface area contributed by atoms with Gasteiger partial charge in [0.15, 0.2) is 0 Å². The first-order valence-electron chi connectivity index (χ1n) is 4.07. The number of aliphatic imine (C=N–C) groups is 1. The second-order valence-electron chi connectivity index (χ2n) is 2.77. The predicted molar refractivity (Wildman–Crippen MR) is 49.6 cm³/mol. The molecule has 1 aliphatic rings. The van der Waals surface area contributed by atoms with Gasteiger partial charge >= 0.3 is 0 Å². The van der Waals surface area contributed by atoms with Gasteiger partial charge in [0.1, 0.15) is 11.7 Å². The first-order valence-corrected chi connectivity index (χ1v) is 4.07. The van der Waals surface area contributed by atoms with Crippen molar-refractivity contribution in [1.29, 1.82) is 0 Å². The largest absolute Gasteiger partial charge is 0.313 e. The van der Waals surface area contributed by atoms with E-state index in [0.717, 1.165) is 24.7 Å². The number of hydrogen-bond donors (Lipinski definition) is 0. The molecule has 0 unspecified atom stereocenters. The summed E-state index contributed by atoms with van der Waals surface area (Å²) < 4.78 is 0. The first-order chi connectivity index (χ1) is 5.88. The van der Waals surface area contributed by atoms with Crippen LogP contribution in [0.25, 0.3) is 0 Å². The minimum atomic E-state index is 0.891. The molecule has 3 nitrogen and oxygen atoms in total. The molecule has 1 aromatic rings. The van der Waals surface area contributed by atoms with Crippen molar-refractivity contribution in [3.05, 3.63) is 24.4 Å². The highest BCUT2D eigenvalue weighted by Crippen LogP contribution is 2.12. The molecule has 62 valence electrons. The van der Waals surface area contributed by atoms with Gasteiger partial charge in [0, 0.05) is 12.7 Å². The van der Waals surface area contributed by atoms with Crippen LogP contribution in [0.15, 0.2) is 29.4 Å². The molecule has 3 heteroatoms. The van der Waals surface area contributed by atoms with Gasteiger partial charge in [-0.1, -0.05) is 6.07 Å². The van der Waals surface area contributed by atoms with Gasteiger partial charge in [-0.2, -0.15) is 0 Å². The SMILES string of the molecule is CC1=NCCN1c1ccccn1. The number of anilines is 1. The summed E-state index contributed by atoms with van der Waals surface area (Å²) in [4.78, 5) is 10.7. The summed E-state index contributed by atoms with van der Waals surface area (Å²) in [6, 6.07) is 5.92. The van der Waals surface area contributed by atoms with Gasteiger partial charge in [-0.15, -0.1) is 0 Å². The van der Waals surface area contributed by atoms with E-state index < -0.39 is 0 Å². The lowest BCUT2D eigenvalue weighted by atomic mass is 10.4. The van der Waals surface area contributed by atoms with Gasteiger partial charge in [-0.05, 0) is 19.1 Å². The van der Waals surface area contributed by atoms with Crippen molar-refractivity contribution in [2.45, 2.75) is 6.92 Å². The monoisotopic (exact) mass is 161 g/mol. The Kier molecular flexibility index (Phi) is 1.78. The van der Waals surface area contributed by atoms with E-state index in [0.29, 0.717) is 0 Å². The van der Waals surface area contributed by atoms with Gasteiger partial charge in [0.05, 0.1) is 6.54 Å². The number of rotatable bonds is 1. The molecular weight excluding hydrogens is 150 g/mol. The maximum Gasteiger partial charge on any atom is 0.133 e. The quantitative estimate of drug-likeness (QED) is 0.621. The molecule has 2 rings (SSSR count). The van der Waals surface area contributed by atoms with Gasteiger partial charge in [-0.25, -0.2) is 4.98 Å². The standard InChI is InChI=1S/C9H11N3/c1-8-10-6-7-12(8)9-4-2-3-5-11-9/h2-5H,6-7H2,1H3. The lowest BCUT2D eigenvalue weighted by Gasteiger charge is -2.15. The van der Waals surface area contributed by atoms with Crippen LogP contribution < -0.4 is 4.90 Å². The number of hydrogen-bond acceptors (Lipinski definition) is 3. The fraction of sp³-hybridized carbons (Fsp3) is 0.333. The molecule has 2 heterocycles. The van der Waals surface area contributed by atoms with Crippen molar-refractivity contribution in [1.82, 2.24) is 4.98 Å². The molecule has 0 amide bonds. The second kappa shape index (κ2) is 2.93. The van der Waals surface area contributed by atoms with E-state index in [-0.39, 0.29) is 0 Å². The van der Waals surface area contributed by atoms with Crippen LogP contribution in [0.5, 0.6) is 0 Å². The molecule has 0 radical (unpaired) electrons. The van der Waals surface area contributed by atoms with Crippen LogP contribution in [-0.4, -0.2) is 23.9 Å². The van der Waals surface area contributed by atoms with Crippen molar-refractivity contribution >= 4 is 11.7 Å². The van der Waals surface area contributed by atoms with Crippen LogP contribution >= 0.6 is 0 Å². The molecular formula is C9H11N3. The van der Waals surface area contributed by atoms with E-state index in [1.165, 1.54) is 0 Å². The first kappa shape index (κ1) is 7.28. The van der Waals surface area contributed by atoms with E-state index in [9.17, 15) is 0 Å². The Balaban J connectivity index is 2.27. The van der Waals surface area contributed by atoms with Gasteiger partial charge in [0.2, 0.25) is 0 Å². The average molecular weight is 161 g/mol. The third-order valence-corrected chi connectivity index (χ3v) is 1.98. The molecule has 0 atom stereocenters. The van der Waals surface area contributed by atoms with E-state index >= 15 is 0 Å². The lowest BCUT2D eigenvalue weighted by Crippen LogP contribution is -2.25. The van der Waals surface area contributed by atoms with Gasteiger partial charge in [0.25, 0.3) is 0 Å². The Hall–Kier alpha value is -1.38. The average Bonchev–Trinajstić information content (AvgIpc) is 2.53. The Labute approximate surface area is 71.8 Å². The molecule has 0 saturated carbocycles. The van der Waals surface area contributed by atoms with Crippen molar-refractivity contribution in [2.24, 2.45) is 4.99 Å². The van der Waals surface area contributed by atoms with Crippen molar-refractivity contribution in [3.63, 3.8) is 0 Å². The van der Waals surface area contributed by atoms with Crippen molar-refractivity contribution in [2.75, 3.05) is 18.0 Å². The maximum absolute atomic E-state index is 4.30. The normalized spacial score (nSPS) is 16.4. The lowest BCUT2D eigenvalue weighted by molar-refractivity contribution is 0.998. The van der Waals surface area contributed by atoms with Crippen LogP contribution in [0.1, 0.15) is 6.92 Å². The summed E-state index contributed by atoms with van der Waals surface area (Å²) in [5, 5.41) is 0. The molecule has 0 bridgehead atoms. The van der Waals surface area contributed by atoms with Gasteiger partial charge in [-0.3, -0.25) is 4.99 Å². The number of pyridine rings is 1. The molecule has 1 aliphatic heterocycles. The van der Waals surface area contributed by atoms with Crippen LogP contribution in [0.3, 0.4) is 0 Å². The molecule has 0 saturated heterocycles. The van der Waals surface area contributed by atoms with E-state index in [2.05, 4.69) is 14.9 Å². The molecule has 0 aromatic carbocycles. The Morgan fingerprint density at radius 2 is 2.33 bits per heavy atom. The highest BCUT2D eigenvalue weighted by molar-refractivity contribution is 5.96. The maximum atomic E-state index is 4.30. The summed E-state index contributed by atoms with van der Waals surface area (Å²) >= 11 is 0. The zero-order valence-electron chi connectivity index (χ0n) is 7.07. The van der Waals surface area contributed by atoms with Crippen molar-refractivity contribution < 1.29 is 0 Å². The van der Waals surface area contributed by atoms with Crippen LogP contribution in [0.4, 0.5) is 5.82 Å². The third kappa shape index (κ3) is 1.18. The molecule has 0 spiro atoms. The van der Waals surface area contributed by atoms with Crippen molar-refractivity contribution in [3.8, 4) is 0 Å². The van der Waals surface area contributed by atoms with E-state index in [4.69, 9.17) is 0 Å². The minimum absolute atomic E-state index is 0.891. The fourth-order valence-corrected chi connectivity index (χ4v) is 1.35. The predicted octanol–water partition coefficient (Wildman–Crippen LogP) is 1.32. The highest BCUT2D eigenvalue weighted by atomic mass is 15.3. The Bertz CT molecular complexity index is 292. The zero-order valence-corrected chi connectivity index (χ0v) is 7.07. The number of amidine groups is 1. The topological polar surface area (TPSA) is 28.5 Å². The molecule has 0 N–H and O–H groups in total. The molecule has 0 fully saturated rings. The molecule has 0 aliphatic carbocycles. The summed E-state index contributed by atoms with van der Waals surface area (Å²) in [6.07, 6.45) is 1.81. The minimum Gasteiger partial charge on any atom is -0.313 e. The van der Waals surface area contributed by atoms with Crippen LogP contribution in [0.2, 0.25) is 0 Å². The fourth-order valence-electron chi connectivity index (χ4n) is 1.35. The molecule has 1 aromatic heterocycles. The second-order valence-corrected chi connectivity index (χ2v) is 2.77. The highest BCUT2D eigenvalue weighted by Gasteiger charge is 2.14. The smallest absolute Gasteiger partial charge is 0.133 e. The van der Waals surface area contributed by atoms with E-state index in [1.54, 1.807) is 6.20 Å². The summed E-state index contributed by atoms with van der Waals surface area (Å²) in [6.45, 7) is 3.87. The number of nitrogens with zero attached hydrogens (tertiary/aromatic N) is 3.